The molecule has 0 N–H and O–H groups in total. The number of likely N-dealkylation sites (tertiary alicyclic amines) is 1. The monoisotopic (exact) mass is 328 g/mol. The Bertz CT molecular complexity index is 669. The van der Waals surface area contributed by atoms with Crippen molar-refractivity contribution >= 4 is 5.78 Å². The molecule has 2 aromatic rings. The third-order valence-electron chi connectivity index (χ3n) is 4.29. The lowest BCUT2D eigenvalue weighted by atomic mass is 9.89. The number of ketones is 1. The molecule has 2 aromatic heterocycles. The van der Waals surface area contributed by atoms with Crippen molar-refractivity contribution in [3.63, 3.8) is 0 Å². The summed E-state index contributed by atoms with van der Waals surface area (Å²) in [5.74, 6) is 2.03. The largest absolute Gasteiger partial charge is 0.337 e. The van der Waals surface area contributed by atoms with Crippen LogP contribution in [0.4, 0.5) is 0 Å². The Hall–Kier alpha value is -2.08. The van der Waals surface area contributed by atoms with Gasteiger partial charge in [0, 0.05) is 25.1 Å². The number of aromatic nitrogens is 3. The molecule has 0 aromatic carbocycles. The molecular formula is C18H24N4O2. The van der Waals surface area contributed by atoms with Gasteiger partial charge >= 0.3 is 0 Å². The van der Waals surface area contributed by atoms with Gasteiger partial charge in [-0.05, 0) is 37.4 Å². The Balaban J connectivity index is 1.60. The second-order valence-corrected chi connectivity index (χ2v) is 6.87. The van der Waals surface area contributed by atoms with E-state index in [2.05, 4.69) is 33.9 Å². The van der Waals surface area contributed by atoms with Crippen molar-refractivity contribution in [1.82, 2.24) is 20.0 Å². The van der Waals surface area contributed by atoms with E-state index in [-0.39, 0.29) is 5.92 Å². The van der Waals surface area contributed by atoms with Crippen LogP contribution in [0, 0.1) is 11.8 Å². The molecule has 1 unspecified atom stereocenters. The first kappa shape index (κ1) is 16.8. The van der Waals surface area contributed by atoms with Crippen LogP contribution in [-0.2, 0) is 11.3 Å². The predicted octanol–water partition coefficient (Wildman–Crippen LogP) is 2.96. The zero-order valence-corrected chi connectivity index (χ0v) is 14.3. The molecule has 0 spiro atoms. The molecule has 128 valence electrons. The van der Waals surface area contributed by atoms with E-state index in [4.69, 9.17) is 4.52 Å². The van der Waals surface area contributed by atoms with Crippen molar-refractivity contribution in [3.8, 4) is 11.5 Å². The van der Waals surface area contributed by atoms with Gasteiger partial charge in [-0.1, -0.05) is 25.1 Å². The fourth-order valence-electron chi connectivity index (χ4n) is 3.14. The zero-order valence-electron chi connectivity index (χ0n) is 14.3. The van der Waals surface area contributed by atoms with Crippen LogP contribution in [0.25, 0.3) is 11.5 Å². The Morgan fingerprint density at radius 1 is 1.42 bits per heavy atom. The predicted molar refractivity (Wildman–Crippen MR) is 90.0 cm³/mol. The lowest BCUT2D eigenvalue weighted by Crippen LogP contribution is -2.38. The van der Waals surface area contributed by atoms with Gasteiger partial charge in [0.2, 0.25) is 11.7 Å². The number of rotatable bonds is 6. The number of piperidine rings is 1. The van der Waals surface area contributed by atoms with Crippen LogP contribution in [0.15, 0.2) is 28.9 Å². The van der Waals surface area contributed by atoms with Crippen molar-refractivity contribution in [2.75, 3.05) is 13.1 Å². The number of nitrogens with zero attached hydrogens (tertiary/aromatic N) is 4. The van der Waals surface area contributed by atoms with Crippen LogP contribution in [0.5, 0.6) is 0 Å². The van der Waals surface area contributed by atoms with Gasteiger partial charge in [-0.25, -0.2) is 0 Å². The molecule has 3 rings (SSSR count). The van der Waals surface area contributed by atoms with E-state index in [0.29, 0.717) is 42.1 Å². The molecule has 6 nitrogen and oxygen atoms in total. The number of hydrogen-bond acceptors (Lipinski definition) is 6. The van der Waals surface area contributed by atoms with E-state index in [9.17, 15) is 4.79 Å². The number of hydrogen-bond donors (Lipinski definition) is 0. The molecule has 1 aliphatic heterocycles. The van der Waals surface area contributed by atoms with Gasteiger partial charge in [0.15, 0.2) is 0 Å². The van der Waals surface area contributed by atoms with Crippen LogP contribution in [-0.4, -0.2) is 38.9 Å². The van der Waals surface area contributed by atoms with Gasteiger partial charge in [0.25, 0.3) is 0 Å². The molecule has 0 aliphatic carbocycles. The van der Waals surface area contributed by atoms with Gasteiger partial charge < -0.3 is 4.52 Å². The summed E-state index contributed by atoms with van der Waals surface area (Å²) in [6.45, 7) is 6.52. The van der Waals surface area contributed by atoms with E-state index in [0.717, 1.165) is 25.9 Å². The highest BCUT2D eigenvalue weighted by molar-refractivity contribution is 5.81. The molecule has 0 radical (unpaired) electrons. The van der Waals surface area contributed by atoms with Gasteiger partial charge in [0.05, 0.1) is 6.54 Å². The minimum atomic E-state index is 0.138. The number of Topliss-reactive ketones (excluding diaryl/α,β-unsaturated/α-hetero) is 1. The van der Waals surface area contributed by atoms with Gasteiger partial charge in [0.1, 0.15) is 11.5 Å². The molecule has 1 fully saturated rings. The Labute approximate surface area is 142 Å². The first-order valence-corrected chi connectivity index (χ1v) is 8.61. The highest BCUT2D eigenvalue weighted by Gasteiger charge is 2.27. The Kier molecular flexibility index (Phi) is 5.35. The quantitative estimate of drug-likeness (QED) is 0.812. The van der Waals surface area contributed by atoms with Crippen LogP contribution in [0.1, 0.15) is 39.0 Å². The SMILES string of the molecule is CC(C)CC(=O)C1CCCN(Cc2nc(-c3ccccn3)no2)C1. The zero-order chi connectivity index (χ0) is 16.9. The molecule has 6 heteroatoms. The van der Waals surface area contributed by atoms with Crippen molar-refractivity contribution in [3.05, 3.63) is 30.3 Å². The van der Waals surface area contributed by atoms with Crippen molar-refractivity contribution in [2.45, 2.75) is 39.7 Å². The number of carbonyl (C=O) groups is 1. The summed E-state index contributed by atoms with van der Waals surface area (Å²) < 4.78 is 5.35. The standard InChI is InChI=1S/C18H24N4O2/c1-13(2)10-16(23)14-6-5-9-22(11-14)12-17-20-18(21-24-17)15-7-3-4-8-19-15/h3-4,7-8,13-14H,5-6,9-12H2,1-2H3. The maximum atomic E-state index is 12.3. The second kappa shape index (κ2) is 7.66. The maximum absolute atomic E-state index is 12.3. The molecule has 0 amide bonds. The summed E-state index contributed by atoms with van der Waals surface area (Å²) >= 11 is 0. The van der Waals surface area contributed by atoms with E-state index < -0.39 is 0 Å². The lowest BCUT2D eigenvalue weighted by Gasteiger charge is -2.31. The molecule has 1 aliphatic rings. The summed E-state index contributed by atoms with van der Waals surface area (Å²) in [5, 5.41) is 4.00. The highest BCUT2D eigenvalue weighted by atomic mass is 16.5. The van der Waals surface area contributed by atoms with Crippen molar-refractivity contribution in [2.24, 2.45) is 11.8 Å². The van der Waals surface area contributed by atoms with Gasteiger partial charge in [-0.3, -0.25) is 14.7 Å². The first-order chi connectivity index (χ1) is 11.6. The summed E-state index contributed by atoms with van der Waals surface area (Å²) in [6, 6.07) is 5.61. The Morgan fingerprint density at radius 2 is 2.29 bits per heavy atom. The fraction of sp³-hybridized carbons (Fsp3) is 0.556. The molecule has 0 saturated carbocycles. The second-order valence-electron chi connectivity index (χ2n) is 6.87. The molecule has 0 bridgehead atoms. The molecule has 3 heterocycles. The normalized spacial score (nSPS) is 18.9. The average Bonchev–Trinajstić information content (AvgIpc) is 3.04. The number of pyridine rings is 1. The van der Waals surface area contributed by atoms with Crippen LogP contribution >= 0.6 is 0 Å². The van der Waals surface area contributed by atoms with Crippen LogP contribution in [0.2, 0.25) is 0 Å². The highest BCUT2D eigenvalue weighted by Crippen LogP contribution is 2.22. The van der Waals surface area contributed by atoms with E-state index in [1.165, 1.54) is 0 Å². The number of carbonyl (C=O) groups excluding carboxylic acids is 1. The van der Waals surface area contributed by atoms with E-state index in [1.54, 1.807) is 6.20 Å². The fourth-order valence-corrected chi connectivity index (χ4v) is 3.14. The summed E-state index contributed by atoms with van der Waals surface area (Å²) in [4.78, 5) is 23.2. The minimum absolute atomic E-state index is 0.138. The lowest BCUT2D eigenvalue weighted by molar-refractivity contribution is -0.125. The molecular weight excluding hydrogens is 304 g/mol. The van der Waals surface area contributed by atoms with E-state index >= 15 is 0 Å². The first-order valence-electron chi connectivity index (χ1n) is 8.61. The Morgan fingerprint density at radius 3 is 3.04 bits per heavy atom. The average molecular weight is 328 g/mol. The van der Waals surface area contributed by atoms with Crippen molar-refractivity contribution < 1.29 is 9.32 Å². The molecule has 1 atom stereocenters. The maximum Gasteiger partial charge on any atom is 0.241 e. The molecule has 1 saturated heterocycles. The van der Waals surface area contributed by atoms with Crippen molar-refractivity contribution in [1.29, 1.82) is 0 Å². The summed E-state index contributed by atoms with van der Waals surface area (Å²) in [7, 11) is 0. The molecule has 24 heavy (non-hydrogen) atoms. The van der Waals surface area contributed by atoms with Gasteiger partial charge in [-0.15, -0.1) is 0 Å². The summed E-state index contributed by atoms with van der Waals surface area (Å²) in [5.41, 5.74) is 0.705. The van der Waals surface area contributed by atoms with Gasteiger partial charge in [-0.2, -0.15) is 4.98 Å². The third kappa shape index (κ3) is 4.26. The third-order valence-corrected chi connectivity index (χ3v) is 4.29. The van der Waals surface area contributed by atoms with Crippen LogP contribution < -0.4 is 0 Å². The topological polar surface area (TPSA) is 72.1 Å². The minimum Gasteiger partial charge on any atom is -0.337 e. The van der Waals surface area contributed by atoms with Crippen LogP contribution in [0.3, 0.4) is 0 Å². The smallest absolute Gasteiger partial charge is 0.241 e. The summed E-state index contributed by atoms with van der Waals surface area (Å²) in [6.07, 6.45) is 4.41. The van der Waals surface area contributed by atoms with E-state index in [1.807, 2.05) is 18.2 Å².